The molecular formula is C31H40N6O9. The zero-order chi connectivity index (χ0) is 33.2. The lowest BCUT2D eigenvalue weighted by Gasteiger charge is -2.36. The number of fused-ring (bicyclic) bond motifs is 1. The van der Waals surface area contributed by atoms with Gasteiger partial charge in [-0.3, -0.25) is 24.0 Å². The molecule has 2 aromatic rings. The molecule has 0 aliphatic carbocycles. The SMILES string of the molecule is CCCCOC(=O)N1CCN(C(=O)[C@H](CCC(=O)O)NC(=O)c2cc(OCC(=O)N3CCNC(=O)C3)c3ccc(C)cc3n2)CC1. The van der Waals surface area contributed by atoms with Gasteiger partial charge in [0.05, 0.1) is 18.7 Å². The highest BCUT2D eigenvalue weighted by molar-refractivity contribution is 5.99. The molecule has 2 saturated heterocycles. The molecule has 5 amide bonds. The van der Waals surface area contributed by atoms with Crippen LogP contribution in [0.15, 0.2) is 24.3 Å². The summed E-state index contributed by atoms with van der Waals surface area (Å²) in [5, 5.41) is 15.2. The lowest BCUT2D eigenvalue weighted by Crippen LogP contribution is -2.56. The van der Waals surface area contributed by atoms with Gasteiger partial charge in [-0.1, -0.05) is 19.4 Å². The summed E-state index contributed by atoms with van der Waals surface area (Å²) in [5.41, 5.74) is 1.19. The molecule has 2 aliphatic rings. The molecule has 1 atom stereocenters. The number of hydrogen-bond acceptors (Lipinski definition) is 9. The predicted octanol–water partition coefficient (Wildman–Crippen LogP) is 0.925. The topological polar surface area (TPSA) is 188 Å². The van der Waals surface area contributed by atoms with Crippen molar-refractivity contribution in [3.8, 4) is 5.75 Å². The number of carboxylic acid groups (broad SMARTS) is 1. The van der Waals surface area contributed by atoms with E-state index < -0.39 is 35.8 Å². The highest BCUT2D eigenvalue weighted by Crippen LogP contribution is 2.27. The van der Waals surface area contributed by atoms with Crippen LogP contribution in [0, 0.1) is 6.92 Å². The van der Waals surface area contributed by atoms with E-state index in [9.17, 15) is 33.9 Å². The Morgan fingerprint density at radius 1 is 1.04 bits per heavy atom. The number of carbonyl (C=O) groups excluding carboxylic acids is 5. The Hall–Kier alpha value is -4.95. The third-order valence-corrected chi connectivity index (χ3v) is 7.73. The average Bonchev–Trinajstić information content (AvgIpc) is 3.04. The van der Waals surface area contributed by atoms with Gasteiger partial charge >= 0.3 is 12.1 Å². The maximum absolute atomic E-state index is 13.5. The third-order valence-electron chi connectivity index (χ3n) is 7.73. The number of ether oxygens (including phenoxy) is 2. The standard InChI is InChI=1S/C31H40N6O9/c1-3-4-15-45-31(44)36-13-11-35(12-14-36)30(43)22(7-8-28(40)41)34-29(42)24-17-25(21-6-5-20(2)16-23(21)33-24)46-19-27(39)37-10-9-32-26(38)18-37/h5-6,16-17,22H,3-4,7-15,18-19H2,1-2H3,(H,32,38)(H,34,42)(H,40,41)/t22-/m0/s1. The zero-order valence-corrected chi connectivity index (χ0v) is 26.1. The third kappa shape index (κ3) is 9.05. The Morgan fingerprint density at radius 2 is 1.78 bits per heavy atom. The van der Waals surface area contributed by atoms with E-state index in [0.29, 0.717) is 30.6 Å². The van der Waals surface area contributed by atoms with Crippen molar-refractivity contribution in [2.75, 3.05) is 59.0 Å². The van der Waals surface area contributed by atoms with Crippen LogP contribution in [0.4, 0.5) is 4.79 Å². The quantitative estimate of drug-likeness (QED) is 0.282. The fraction of sp³-hybridized carbons (Fsp3) is 0.516. The summed E-state index contributed by atoms with van der Waals surface area (Å²) in [7, 11) is 0. The van der Waals surface area contributed by atoms with E-state index in [1.807, 2.05) is 19.9 Å². The molecule has 2 fully saturated rings. The minimum Gasteiger partial charge on any atom is -0.483 e. The second-order valence-electron chi connectivity index (χ2n) is 11.2. The summed E-state index contributed by atoms with van der Waals surface area (Å²) in [6.45, 7) is 5.27. The van der Waals surface area contributed by atoms with Crippen LogP contribution < -0.4 is 15.4 Å². The Bertz CT molecular complexity index is 1470. The van der Waals surface area contributed by atoms with Gasteiger partial charge in [-0.25, -0.2) is 9.78 Å². The van der Waals surface area contributed by atoms with Crippen molar-refractivity contribution in [3.05, 3.63) is 35.5 Å². The summed E-state index contributed by atoms with van der Waals surface area (Å²) < 4.78 is 11.1. The molecule has 0 radical (unpaired) electrons. The van der Waals surface area contributed by atoms with Crippen LogP contribution in [-0.2, 0) is 23.9 Å². The van der Waals surface area contributed by atoms with Gasteiger partial charge in [0.2, 0.25) is 11.8 Å². The first kappa shape index (κ1) is 33.9. The number of carboxylic acids is 1. The fourth-order valence-corrected chi connectivity index (χ4v) is 5.11. The molecule has 248 valence electrons. The fourth-order valence-electron chi connectivity index (χ4n) is 5.11. The number of hydrogen-bond donors (Lipinski definition) is 3. The number of piperazine rings is 2. The Kier molecular flexibility index (Phi) is 11.7. The van der Waals surface area contributed by atoms with Crippen molar-refractivity contribution in [1.29, 1.82) is 0 Å². The number of carbonyl (C=O) groups is 6. The number of aryl methyl sites for hydroxylation is 1. The van der Waals surface area contributed by atoms with E-state index >= 15 is 0 Å². The molecule has 15 heteroatoms. The lowest BCUT2D eigenvalue weighted by molar-refractivity contribution is -0.139. The van der Waals surface area contributed by atoms with Crippen LogP contribution >= 0.6 is 0 Å². The van der Waals surface area contributed by atoms with Gasteiger partial charge in [0.1, 0.15) is 17.5 Å². The maximum Gasteiger partial charge on any atom is 0.409 e. The van der Waals surface area contributed by atoms with Gasteiger partial charge < -0.3 is 39.9 Å². The van der Waals surface area contributed by atoms with Crippen LogP contribution in [0.3, 0.4) is 0 Å². The normalized spacial score (nSPS) is 15.6. The summed E-state index contributed by atoms with van der Waals surface area (Å²) in [6, 6.07) is 5.53. The van der Waals surface area contributed by atoms with Gasteiger partial charge in [-0.05, 0) is 37.5 Å². The number of aliphatic carboxylic acids is 1. The van der Waals surface area contributed by atoms with Crippen LogP contribution in [-0.4, -0.2) is 126 Å². The monoisotopic (exact) mass is 640 g/mol. The molecule has 4 rings (SSSR count). The first-order valence-electron chi connectivity index (χ1n) is 15.4. The lowest BCUT2D eigenvalue weighted by atomic mass is 10.1. The van der Waals surface area contributed by atoms with E-state index in [-0.39, 0.29) is 69.5 Å². The largest absolute Gasteiger partial charge is 0.483 e. The molecule has 0 bridgehead atoms. The van der Waals surface area contributed by atoms with Crippen molar-refractivity contribution < 1.29 is 43.3 Å². The average molecular weight is 641 g/mol. The minimum atomic E-state index is -1.17. The number of nitrogens with one attached hydrogen (secondary N) is 2. The van der Waals surface area contributed by atoms with Crippen LogP contribution in [0.25, 0.3) is 10.9 Å². The number of rotatable bonds is 12. The molecule has 1 aromatic heterocycles. The number of amides is 5. The summed E-state index contributed by atoms with van der Waals surface area (Å²) in [6.07, 6.45) is 0.672. The van der Waals surface area contributed by atoms with Gasteiger partial charge in [-0.15, -0.1) is 0 Å². The first-order chi connectivity index (χ1) is 22.0. The Balaban J connectivity index is 1.48. The van der Waals surface area contributed by atoms with Crippen molar-refractivity contribution in [1.82, 2.24) is 30.3 Å². The summed E-state index contributed by atoms with van der Waals surface area (Å²) in [4.78, 5) is 84.0. The minimum absolute atomic E-state index is 0.0734. The maximum atomic E-state index is 13.5. The highest BCUT2D eigenvalue weighted by Gasteiger charge is 2.31. The van der Waals surface area contributed by atoms with Gasteiger partial charge in [0.15, 0.2) is 6.61 Å². The first-order valence-corrected chi connectivity index (χ1v) is 15.4. The number of aromatic nitrogens is 1. The predicted molar refractivity (Wildman–Crippen MR) is 164 cm³/mol. The summed E-state index contributed by atoms with van der Waals surface area (Å²) in [5.74, 6) is -2.78. The van der Waals surface area contributed by atoms with E-state index in [0.717, 1.165) is 18.4 Å². The van der Waals surface area contributed by atoms with Crippen molar-refractivity contribution in [2.24, 2.45) is 0 Å². The zero-order valence-electron chi connectivity index (χ0n) is 26.1. The molecule has 46 heavy (non-hydrogen) atoms. The van der Waals surface area contributed by atoms with Crippen LogP contribution in [0.1, 0.15) is 48.7 Å². The second kappa shape index (κ2) is 15.9. The smallest absolute Gasteiger partial charge is 0.409 e. The molecule has 0 saturated carbocycles. The number of pyridine rings is 1. The van der Waals surface area contributed by atoms with Crippen molar-refractivity contribution >= 4 is 46.6 Å². The van der Waals surface area contributed by atoms with Gasteiger partial charge in [0.25, 0.3) is 11.8 Å². The van der Waals surface area contributed by atoms with Crippen molar-refractivity contribution in [3.63, 3.8) is 0 Å². The molecule has 3 heterocycles. The van der Waals surface area contributed by atoms with Crippen LogP contribution in [0.5, 0.6) is 5.75 Å². The summed E-state index contributed by atoms with van der Waals surface area (Å²) >= 11 is 0. The van der Waals surface area contributed by atoms with E-state index in [4.69, 9.17) is 9.47 Å². The second-order valence-corrected chi connectivity index (χ2v) is 11.2. The van der Waals surface area contributed by atoms with Crippen molar-refractivity contribution in [2.45, 2.75) is 45.6 Å². The van der Waals surface area contributed by atoms with E-state index in [1.165, 1.54) is 20.8 Å². The molecule has 1 aromatic carbocycles. The van der Waals surface area contributed by atoms with Gasteiger partial charge in [0, 0.05) is 57.1 Å². The number of unbranched alkanes of at least 4 members (excludes halogenated alkanes) is 1. The molecule has 15 nitrogen and oxygen atoms in total. The molecule has 0 spiro atoms. The number of nitrogens with zero attached hydrogens (tertiary/aromatic N) is 4. The Labute approximate surface area is 266 Å². The molecule has 3 N–H and O–H groups in total. The van der Waals surface area contributed by atoms with Crippen LogP contribution in [0.2, 0.25) is 0 Å². The Morgan fingerprint density at radius 3 is 2.48 bits per heavy atom. The molecular weight excluding hydrogens is 600 g/mol. The highest BCUT2D eigenvalue weighted by atomic mass is 16.6. The molecule has 2 aliphatic heterocycles. The van der Waals surface area contributed by atoms with E-state index in [1.54, 1.807) is 12.1 Å². The number of benzene rings is 1. The van der Waals surface area contributed by atoms with E-state index in [2.05, 4.69) is 15.6 Å². The van der Waals surface area contributed by atoms with Gasteiger partial charge in [-0.2, -0.15) is 0 Å². The molecule has 0 unspecified atom stereocenters.